The molecule has 3 aromatic heterocycles. The van der Waals surface area contributed by atoms with E-state index in [1.54, 1.807) is 24.6 Å². The first-order chi connectivity index (χ1) is 14.3. The fourth-order valence-corrected chi connectivity index (χ4v) is 4.11. The van der Waals surface area contributed by atoms with Crippen molar-refractivity contribution >= 4 is 46.3 Å². The number of hydrogen-bond donors (Lipinski definition) is 2. The van der Waals surface area contributed by atoms with E-state index in [0.717, 1.165) is 31.9 Å². The van der Waals surface area contributed by atoms with Crippen molar-refractivity contribution in [3.63, 3.8) is 0 Å². The van der Waals surface area contributed by atoms with Gasteiger partial charge in [0, 0.05) is 45.3 Å². The molecular formula is C20H26IN7OS. The molecule has 160 valence electrons. The molecule has 30 heavy (non-hydrogen) atoms. The Balaban J connectivity index is 0.00000256. The number of aliphatic imine (C=N–C) groups is 1. The van der Waals surface area contributed by atoms with Crippen LogP contribution in [0.15, 0.2) is 51.4 Å². The Morgan fingerprint density at radius 1 is 1.27 bits per heavy atom. The van der Waals surface area contributed by atoms with Gasteiger partial charge < -0.3 is 20.1 Å². The standard InChI is InChI=1S/C20H25N7OS.HI/c1-21-20(24-15-8-12-27(13-9-15)18-6-4-14-29-18)23-11-7-17-25-19(28-26-17)16-5-2-3-10-22-16;/h2-6,10,14-15H,7-9,11-13H2,1H3,(H2,21,23,24);1H. The van der Waals surface area contributed by atoms with Crippen LogP contribution in [0.4, 0.5) is 5.00 Å². The first kappa shape index (κ1) is 22.5. The number of nitrogens with one attached hydrogen (secondary N) is 2. The van der Waals surface area contributed by atoms with E-state index in [2.05, 4.69) is 53.2 Å². The van der Waals surface area contributed by atoms with Gasteiger partial charge >= 0.3 is 0 Å². The average Bonchev–Trinajstić information content (AvgIpc) is 3.47. The molecule has 0 aliphatic carbocycles. The van der Waals surface area contributed by atoms with Gasteiger partial charge in [0.2, 0.25) is 0 Å². The lowest BCUT2D eigenvalue weighted by atomic mass is 10.1. The van der Waals surface area contributed by atoms with E-state index in [-0.39, 0.29) is 24.0 Å². The Morgan fingerprint density at radius 3 is 2.83 bits per heavy atom. The van der Waals surface area contributed by atoms with E-state index in [1.165, 1.54) is 5.00 Å². The second-order valence-corrected chi connectivity index (χ2v) is 7.76. The number of thiophene rings is 1. The molecular weight excluding hydrogens is 513 g/mol. The van der Waals surface area contributed by atoms with E-state index >= 15 is 0 Å². The number of nitrogens with zero attached hydrogens (tertiary/aromatic N) is 5. The summed E-state index contributed by atoms with van der Waals surface area (Å²) < 4.78 is 5.30. The third kappa shape index (κ3) is 5.91. The number of halogens is 1. The largest absolute Gasteiger partial charge is 0.363 e. The minimum Gasteiger partial charge on any atom is -0.363 e. The highest BCUT2D eigenvalue weighted by molar-refractivity contribution is 14.0. The van der Waals surface area contributed by atoms with E-state index in [9.17, 15) is 0 Å². The molecule has 1 saturated heterocycles. The van der Waals surface area contributed by atoms with Gasteiger partial charge in [-0.1, -0.05) is 11.2 Å². The summed E-state index contributed by atoms with van der Waals surface area (Å²) in [4.78, 5) is 15.4. The van der Waals surface area contributed by atoms with E-state index in [1.807, 2.05) is 18.2 Å². The summed E-state index contributed by atoms with van der Waals surface area (Å²) in [5.74, 6) is 1.91. The van der Waals surface area contributed by atoms with Crippen LogP contribution < -0.4 is 15.5 Å². The van der Waals surface area contributed by atoms with Gasteiger partial charge in [0.25, 0.3) is 5.89 Å². The first-order valence-corrected chi connectivity index (χ1v) is 10.7. The quantitative estimate of drug-likeness (QED) is 0.283. The molecule has 0 spiro atoms. The number of rotatable bonds is 6. The number of pyridine rings is 1. The van der Waals surface area contributed by atoms with Gasteiger partial charge in [0.05, 0.1) is 5.00 Å². The van der Waals surface area contributed by atoms with Crippen molar-refractivity contribution in [2.45, 2.75) is 25.3 Å². The van der Waals surface area contributed by atoms with E-state index < -0.39 is 0 Å². The van der Waals surface area contributed by atoms with Crippen LogP contribution >= 0.6 is 35.3 Å². The van der Waals surface area contributed by atoms with Crippen LogP contribution in [0, 0.1) is 0 Å². The van der Waals surface area contributed by atoms with Gasteiger partial charge in [-0.2, -0.15) is 4.98 Å². The van der Waals surface area contributed by atoms with Crippen LogP contribution in [0.3, 0.4) is 0 Å². The highest BCUT2D eigenvalue weighted by Crippen LogP contribution is 2.24. The fourth-order valence-electron chi connectivity index (χ4n) is 3.32. The molecule has 1 aliphatic rings. The van der Waals surface area contributed by atoms with Crippen LogP contribution in [0.1, 0.15) is 18.7 Å². The number of piperidine rings is 1. The highest BCUT2D eigenvalue weighted by atomic mass is 127. The zero-order valence-corrected chi connectivity index (χ0v) is 20.0. The van der Waals surface area contributed by atoms with Gasteiger partial charge in [-0.15, -0.1) is 35.3 Å². The predicted molar refractivity (Wildman–Crippen MR) is 131 cm³/mol. The number of aromatic nitrogens is 3. The van der Waals surface area contributed by atoms with E-state index in [4.69, 9.17) is 4.52 Å². The van der Waals surface area contributed by atoms with Gasteiger partial charge in [0.1, 0.15) is 5.69 Å². The fraction of sp³-hybridized carbons (Fsp3) is 0.400. The summed E-state index contributed by atoms with van der Waals surface area (Å²) >= 11 is 1.80. The molecule has 0 unspecified atom stereocenters. The normalized spacial score (nSPS) is 15.0. The van der Waals surface area contributed by atoms with Crippen LogP contribution in [0.2, 0.25) is 0 Å². The zero-order valence-electron chi connectivity index (χ0n) is 16.8. The molecule has 1 aliphatic heterocycles. The van der Waals surface area contributed by atoms with Crippen LogP contribution in [0.5, 0.6) is 0 Å². The molecule has 10 heteroatoms. The maximum absolute atomic E-state index is 5.30. The summed E-state index contributed by atoms with van der Waals surface area (Å²) in [6.07, 6.45) is 4.54. The summed E-state index contributed by atoms with van der Waals surface area (Å²) in [5.41, 5.74) is 0.686. The Hall–Kier alpha value is -2.21. The number of anilines is 1. The average molecular weight is 539 g/mol. The molecule has 3 aromatic rings. The smallest absolute Gasteiger partial charge is 0.276 e. The summed E-state index contributed by atoms with van der Waals surface area (Å²) in [7, 11) is 1.80. The molecule has 8 nitrogen and oxygen atoms in total. The Kier molecular flexibility index (Phi) is 8.43. The minimum absolute atomic E-state index is 0. The van der Waals surface area contributed by atoms with Gasteiger partial charge in [-0.25, -0.2) is 0 Å². The molecule has 4 rings (SSSR count). The zero-order chi connectivity index (χ0) is 19.9. The molecule has 0 saturated carbocycles. The van der Waals surface area contributed by atoms with Crippen molar-refractivity contribution in [2.24, 2.45) is 4.99 Å². The predicted octanol–water partition coefficient (Wildman–Crippen LogP) is 3.19. The minimum atomic E-state index is 0. The van der Waals surface area contributed by atoms with Crippen molar-refractivity contribution < 1.29 is 4.52 Å². The second kappa shape index (κ2) is 11.3. The molecule has 1 fully saturated rings. The Bertz CT molecular complexity index is 908. The number of hydrogen-bond acceptors (Lipinski definition) is 7. The van der Waals surface area contributed by atoms with E-state index in [0.29, 0.717) is 36.4 Å². The van der Waals surface area contributed by atoms with Gasteiger partial charge in [-0.3, -0.25) is 9.98 Å². The van der Waals surface area contributed by atoms with Gasteiger partial charge in [0.15, 0.2) is 11.8 Å². The third-order valence-electron chi connectivity index (χ3n) is 4.87. The van der Waals surface area contributed by atoms with Crippen LogP contribution in [0.25, 0.3) is 11.6 Å². The molecule has 4 heterocycles. The maximum Gasteiger partial charge on any atom is 0.276 e. The lowest BCUT2D eigenvalue weighted by Gasteiger charge is -2.33. The molecule has 0 radical (unpaired) electrons. The summed E-state index contributed by atoms with van der Waals surface area (Å²) in [5, 5.41) is 14.4. The third-order valence-corrected chi connectivity index (χ3v) is 5.80. The van der Waals surface area contributed by atoms with Crippen molar-refractivity contribution in [3.05, 3.63) is 47.7 Å². The molecule has 0 atom stereocenters. The summed E-state index contributed by atoms with van der Waals surface area (Å²) in [6, 6.07) is 10.3. The van der Waals surface area contributed by atoms with Crippen molar-refractivity contribution in [2.75, 3.05) is 31.6 Å². The monoisotopic (exact) mass is 539 g/mol. The van der Waals surface area contributed by atoms with Crippen LogP contribution in [-0.4, -0.2) is 53.8 Å². The summed E-state index contributed by atoms with van der Waals surface area (Å²) in [6.45, 7) is 2.80. The van der Waals surface area contributed by atoms with Crippen LogP contribution in [-0.2, 0) is 6.42 Å². The van der Waals surface area contributed by atoms with Gasteiger partial charge in [-0.05, 0) is 42.5 Å². The Labute approximate surface area is 197 Å². The molecule has 0 bridgehead atoms. The lowest BCUT2D eigenvalue weighted by Crippen LogP contribution is -2.49. The second-order valence-electron chi connectivity index (χ2n) is 6.84. The number of guanidine groups is 1. The lowest BCUT2D eigenvalue weighted by molar-refractivity contribution is 0.421. The molecule has 0 amide bonds. The van der Waals surface area contributed by atoms with Crippen molar-refractivity contribution in [1.29, 1.82) is 0 Å². The SMILES string of the molecule is CN=C(NCCc1noc(-c2ccccn2)n1)NC1CCN(c2cccs2)CC1.I. The molecule has 0 aromatic carbocycles. The first-order valence-electron chi connectivity index (χ1n) is 9.81. The van der Waals surface area contributed by atoms with Crippen molar-refractivity contribution in [3.8, 4) is 11.6 Å². The van der Waals surface area contributed by atoms with Crippen molar-refractivity contribution in [1.82, 2.24) is 25.8 Å². The molecule has 2 N–H and O–H groups in total. The highest BCUT2D eigenvalue weighted by Gasteiger charge is 2.20. The Morgan fingerprint density at radius 2 is 2.13 bits per heavy atom. The maximum atomic E-state index is 5.30. The topological polar surface area (TPSA) is 91.5 Å².